The van der Waals surface area contributed by atoms with Crippen molar-refractivity contribution in [3.8, 4) is 0 Å². The van der Waals surface area contributed by atoms with Crippen molar-refractivity contribution in [2.75, 3.05) is 14.1 Å². The van der Waals surface area contributed by atoms with Gasteiger partial charge in [0.05, 0.1) is 11.4 Å². The molecule has 2 rings (SSSR count). The molecule has 0 aliphatic heterocycles. The van der Waals surface area contributed by atoms with Gasteiger partial charge in [0.25, 0.3) is 5.91 Å². The van der Waals surface area contributed by atoms with Crippen LogP contribution in [0.4, 0.5) is 0 Å². The highest BCUT2D eigenvalue weighted by molar-refractivity contribution is 7.89. The first-order chi connectivity index (χ1) is 10.7. The maximum Gasteiger partial charge on any atom is 0.251 e. The van der Waals surface area contributed by atoms with Gasteiger partial charge in [-0.05, 0) is 43.7 Å². The van der Waals surface area contributed by atoms with Crippen molar-refractivity contribution in [3.63, 3.8) is 0 Å². The number of benzene rings is 1. The van der Waals surface area contributed by atoms with Gasteiger partial charge in [-0.2, -0.15) is 0 Å². The molecule has 2 aromatic rings. The van der Waals surface area contributed by atoms with E-state index in [4.69, 9.17) is 4.42 Å². The van der Waals surface area contributed by atoms with Gasteiger partial charge >= 0.3 is 0 Å². The molecule has 1 amide bonds. The highest BCUT2D eigenvalue weighted by Gasteiger charge is 2.21. The highest BCUT2D eigenvalue weighted by Crippen LogP contribution is 2.20. The van der Waals surface area contributed by atoms with Crippen LogP contribution in [0.25, 0.3) is 0 Å². The van der Waals surface area contributed by atoms with Crippen LogP contribution in [0.15, 0.2) is 39.6 Å². The molecule has 0 unspecified atom stereocenters. The zero-order valence-electron chi connectivity index (χ0n) is 13.6. The van der Waals surface area contributed by atoms with E-state index in [0.717, 1.165) is 10.1 Å². The Labute approximate surface area is 136 Å². The molecule has 0 spiro atoms. The van der Waals surface area contributed by atoms with E-state index in [1.54, 1.807) is 25.1 Å². The average Bonchev–Trinajstić information content (AvgIpc) is 2.90. The Morgan fingerprint density at radius 2 is 1.87 bits per heavy atom. The summed E-state index contributed by atoms with van der Waals surface area (Å²) in [6.07, 6.45) is 0. The number of furan rings is 1. The number of amides is 1. The molecule has 0 aliphatic carbocycles. The molecule has 0 atom stereocenters. The molecule has 6 nitrogen and oxygen atoms in total. The van der Waals surface area contributed by atoms with E-state index in [1.807, 2.05) is 13.0 Å². The molecule has 0 bridgehead atoms. The fraction of sp³-hybridized carbons (Fsp3) is 0.312. The molecule has 0 saturated carbocycles. The molecule has 0 aliphatic rings. The Kier molecular flexibility index (Phi) is 4.91. The molecule has 124 valence electrons. The van der Waals surface area contributed by atoms with E-state index >= 15 is 0 Å². The molecule has 0 saturated heterocycles. The first-order valence-electron chi connectivity index (χ1n) is 7.08. The monoisotopic (exact) mass is 336 g/mol. The summed E-state index contributed by atoms with van der Waals surface area (Å²) in [6, 6.07) is 8.23. The summed E-state index contributed by atoms with van der Waals surface area (Å²) < 4.78 is 31.1. The number of hydrogen-bond donors (Lipinski definition) is 1. The van der Waals surface area contributed by atoms with Crippen LogP contribution in [0.5, 0.6) is 0 Å². The third-order valence-corrected chi connectivity index (χ3v) is 5.39. The molecule has 0 radical (unpaired) electrons. The minimum Gasteiger partial charge on any atom is -0.465 e. The zero-order chi connectivity index (χ0) is 17.2. The second kappa shape index (κ2) is 6.55. The van der Waals surface area contributed by atoms with Crippen molar-refractivity contribution in [1.29, 1.82) is 0 Å². The SMILES string of the molecule is Cc1ccc(CNC(=O)c2ccc(C)c(S(=O)(=O)N(C)C)c2)o1. The van der Waals surface area contributed by atoms with Crippen molar-refractivity contribution >= 4 is 15.9 Å². The molecule has 1 aromatic heterocycles. The largest absolute Gasteiger partial charge is 0.465 e. The van der Waals surface area contributed by atoms with Crippen LogP contribution in [0.3, 0.4) is 0 Å². The third kappa shape index (κ3) is 3.80. The quantitative estimate of drug-likeness (QED) is 0.906. The predicted octanol–water partition coefficient (Wildman–Crippen LogP) is 2.08. The van der Waals surface area contributed by atoms with Crippen LogP contribution in [0.2, 0.25) is 0 Å². The van der Waals surface area contributed by atoms with Gasteiger partial charge in [0, 0.05) is 19.7 Å². The summed E-state index contributed by atoms with van der Waals surface area (Å²) >= 11 is 0. The number of nitrogens with zero attached hydrogens (tertiary/aromatic N) is 1. The molecular weight excluding hydrogens is 316 g/mol. The van der Waals surface area contributed by atoms with Crippen LogP contribution in [0.1, 0.15) is 27.4 Å². The number of carbonyl (C=O) groups is 1. The van der Waals surface area contributed by atoms with Crippen LogP contribution < -0.4 is 5.32 Å². The van der Waals surface area contributed by atoms with Crippen molar-refractivity contribution in [3.05, 3.63) is 53.0 Å². The van der Waals surface area contributed by atoms with E-state index in [0.29, 0.717) is 16.9 Å². The fourth-order valence-electron chi connectivity index (χ4n) is 2.07. The molecule has 23 heavy (non-hydrogen) atoms. The van der Waals surface area contributed by atoms with Crippen LogP contribution in [-0.2, 0) is 16.6 Å². The molecule has 1 N–H and O–H groups in total. The summed E-state index contributed by atoms with van der Waals surface area (Å²) in [5.41, 5.74) is 0.885. The lowest BCUT2D eigenvalue weighted by Crippen LogP contribution is -2.25. The van der Waals surface area contributed by atoms with Gasteiger partial charge in [-0.25, -0.2) is 12.7 Å². The number of sulfonamides is 1. The van der Waals surface area contributed by atoms with E-state index in [1.165, 1.54) is 20.2 Å². The summed E-state index contributed by atoms with van der Waals surface area (Å²) in [4.78, 5) is 12.4. The van der Waals surface area contributed by atoms with E-state index in [9.17, 15) is 13.2 Å². The lowest BCUT2D eigenvalue weighted by molar-refractivity contribution is 0.0947. The van der Waals surface area contributed by atoms with Crippen molar-refractivity contribution < 1.29 is 17.6 Å². The zero-order valence-corrected chi connectivity index (χ0v) is 14.4. The minimum atomic E-state index is -3.59. The van der Waals surface area contributed by atoms with Crippen molar-refractivity contribution in [2.45, 2.75) is 25.3 Å². The maximum atomic E-state index is 12.3. The molecule has 7 heteroatoms. The number of nitrogens with one attached hydrogen (secondary N) is 1. The van der Waals surface area contributed by atoms with E-state index < -0.39 is 10.0 Å². The van der Waals surface area contributed by atoms with Crippen molar-refractivity contribution in [1.82, 2.24) is 9.62 Å². The van der Waals surface area contributed by atoms with Crippen LogP contribution in [0, 0.1) is 13.8 Å². The Morgan fingerprint density at radius 1 is 1.17 bits per heavy atom. The Balaban J connectivity index is 2.21. The fourth-order valence-corrected chi connectivity index (χ4v) is 3.21. The lowest BCUT2D eigenvalue weighted by atomic mass is 10.1. The Hall–Kier alpha value is -2.12. The van der Waals surface area contributed by atoms with E-state index in [-0.39, 0.29) is 17.3 Å². The van der Waals surface area contributed by atoms with Gasteiger partial charge in [-0.15, -0.1) is 0 Å². The first-order valence-corrected chi connectivity index (χ1v) is 8.52. The van der Waals surface area contributed by atoms with E-state index in [2.05, 4.69) is 5.32 Å². The summed E-state index contributed by atoms with van der Waals surface area (Å²) in [5.74, 6) is 1.06. The number of carbonyl (C=O) groups excluding carboxylic acids is 1. The average molecular weight is 336 g/mol. The Morgan fingerprint density at radius 3 is 2.43 bits per heavy atom. The summed E-state index contributed by atoms with van der Waals surface area (Å²) in [7, 11) is -0.674. The summed E-state index contributed by atoms with van der Waals surface area (Å²) in [5, 5.41) is 2.71. The third-order valence-electron chi connectivity index (χ3n) is 3.43. The second-order valence-electron chi connectivity index (χ2n) is 5.46. The first kappa shape index (κ1) is 17.2. The topological polar surface area (TPSA) is 79.6 Å². The number of hydrogen-bond acceptors (Lipinski definition) is 4. The number of aryl methyl sites for hydroxylation is 2. The van der Waals surface area contributed by atoms with Gasteiger partial charge in [0.2, 0.25) is 10.0 Å². The van der Waals surface area contributed by atoms with Gasteiger partial charge in [-0.3, -0.25) is 4.79 Å². The lowest BCUT2D eigenvalue weighted by Gasteiger charge is -2.14. The van der Waals surface area contributed by atoms with Gasteiger partial charge in [-0.1, -0.05) is 6.07 Å². The molecule has 0 fully saturated rings. The van der Waals surface area contributed by atoms with Gasteiger partial charge in [0.15, 0.2) is 0 Å². The molecule has 1 aromatic carbocycles. The minimum absolute atomic E-state index is 0.129. The Bertz CT molecular complexity index is 822. The normalized spacial score (nSPS) is 11.7. The smallest absolute Gasteiger partial charge is 0.251 e. The van der Waals surface area contributed by atoms with Crippen molar-refractivity contribution in [2.24, 2.45) is 0 Å². The summed E-state index contributed by atoms with van der Waals surface area (Å²) in [6.45, 7) is 3.77. The maximum absolute atomic E-state index is 12.3. The van der Waals surface area contributed by atoms with Gasteiger partial charge < -0.3 is 9.73 Å². The predicted molar refractivity (Wildman–Crippen MR) is 86.7 cm³/mol. The number of rotatable bonds is 5. The van der Waals surface area contributed by atoms with Gasteiger partial charge in [0.1, 0.15) is 11.5 Å². The molecular formula is C16H20N2O4S. The van der Waals surface area contributed by atoms with Crippen LogP contribution >= 0.6 is 0 Å². The highest BCUT2D eigenvalue weighted by atomic mass is 32.2. The molecule has 1 heterocycles. The second-order valence-corrected chi connectivity index (χ2v) is 7.58. The van der Waals surface area contributed by atoms with Crippen LogP contribution in [-0.4, -0.2) is 32.7 Å². The standard InChI is InChI=1S/C16H20N2O4S/c1-11-5-7-13(9-15(11)23(20,21)18(3)4)16(19)17-10-14-8-6-12(2)22-14/h5-9H,10H2,1-4H3,(H,17,19).